The first kappa shape index (κ1) is 13.4. The predicted molar refractivity (Wildman–Crippen MR) is 70.8 cm³/mol. The van der Waals surface area contributed by atoms with Gasteiger partial charge in [0.2, 0.25) is 0 Å². The summed E-state index contributed by atoms with van der Waals surface area (Å²) in [5.74, 6) is -0.528. The fraction of sp³-hybridized carbons (Fsp3) is 0.231. The molecule has 0 saturated heterocycles. The van der Waals surface area contributed by atoms with Crippen LogP contribution in [0.25, 0.3) is 0 Å². The number of carbonyl (C=O) groups is 1. The highest BCUT2D eigenvalue weighted by atomic mass is 35.5. The molecule has 2 aromatic rings. The van der Waals surface area contributed by atoms with E-state index >= 15 is 0 Å². The number of hydrogen-bond donors (Lipinski definition) is 1. The van der Waals surface area contributed by atoms with Gasteiger partial charge in [-0.2, -0.15) is 5.10 Å². The van der Waals surface area contributed by atoms with E-state index in [1.165, 1.54) is 12.1 Å². The van der Waals surface area contributed by atoms with Crippen LogP contribution in [0.5, 0.6) is 5.75 Å². The molecule has 0 aliphatic heterocycles. The lowest BCUT2D eigenvalue weighted by atomic mass is 10.2. The molecule has 1 N–H and O–H groups in total. The molecule has 2 rings (SSSR count). The highest BCUT2D eigenvalue weighted by molar-refractivity contribution is 6.32. The largest absolute Gasteiger partial charge is 0.492 e. The average molecular weight is 281 g/mol. The summed E-state index contributed by atoms with van der Waals surface area (Å²) in [7, 11) is 1.85. The Balaban J connectivity index is 1.94. The molecule has 6 heteroatoms. The van der Waals surface area contributed by atoms with Crippen molar-refractivity contribution in [2.24, 2.45) is 7.05 Å². The van der Waals surface area contributed by atoms with Gasteiger partial charge in [0, 0.05) is 19.7 Å². The molecule has 0 aliphatic rings. The molecule has 100 valence electrons. The molecule has 1 heterocycles. The van der Waals surface area contributed by atoms with Crippen LogP contribution in [0.2, 0.25) is 5.02 Å². The maximum atomic E-state index is 10.8. The molecule has 0 atom stereocenters. The van der Waals surface area contributed by atoms with E-state index < -0.39 is 5.97 Å². The van der Waals surface area contributed by atoms with E-state index in [1.807, 2.05) is 13.2 Å². The van der Waals surface area contributed by atoms with E-state index in [2.05, 4.69) is 5.10 Å². The Bertz CT molecular complexity index is 595. The van der Waals surface area contributed by atoms with E-state index in [0.717, 1.165) is 5.56 Å². The fourth-order valence-corrected chi connectivity index (χ4v) is 1.87. The predicted octanol–water partition coefficient (Wildman–Crippen LogP) is 2.39. The monoisotopic (exact) mass is 280 g/mol. The molecule has 0 spiro atoms. The zero-order chi connectivity index (χ0) is 13.8. The first-order valence-electron chi connectivity index (χ1n) is 5.69. The summed E-state index contributed by atoms with van der Waals surface area (Å²) in [6, 6.07) is 4.41. The van der Waals surface area contributed by atoms with Gasteiger partial charge in [0.15, 0.2) is 0 Å². The van der Waals surface area contributed by atoms with Gasteiger partial charge in [0.1, 0.15) is 5.75 Å². The van der Waals surface area contributed by atoms with Crippen molar-refractivity contribution in [3.63, 3.8) is 0 Å². The van der Waals surface area contributed by atoms with Gasteiger partial charge in [-0.15, -0.1) is 0 Å². The molecule has 1 aromatic carbocycles. The summed E-state index contributed by atoms with van der Waals surface area (Å²) in [5.41, 5.74) is 1.21. The summed E-state index contributed by atoms with van der Waals surface area (Å²) in [4.78, 5) is 10.8. The third-order valence-corrected chi connectivity index (χ3v) is 2.88. The Hall–Kier alpha value is -2.01. The Morgan fingerprint density at radius 1 is 1.53 bits per heavy atom. The summed E-state index contributed by atoms with van der Waals surface area (Å²) >= 11 is 5.95. The summed E-state index contributed by atoms with van der Waals surface area (Å²) in [6.45, 7) is 0.456. The number of aryl methyl sites for hydroxylation is 1. The van der Waals surface area contributed by atoms with Crippen LogP contribution in [0.4, 0.5) is 0 Å². The van der Waals surface area contributed by atoms with Crippen molar-refractivity contribution in [3.8, 4) is 5.75 Å². The minimum Gasteiger partial charge on any atom is -0.492 e. The van der Waals surface area contributed by atoms with Gasteiger partial charge in [0.05, 0.1) is 23.4 Å². The van der Waals surface area contributed by atoms with Crippen molar-refractivity contribution < 1.29 is 14.6 Å². The Labute approximate surface area is 115 Å². The topological polar surface area (TPSA) is 64.3 Å². The van der Waals surface area contributed by atoms with Crippen molar-refractivity contribution in [2.75, 3.05) is 6.61 Å². The second-order valence-electron chi connectivity index (χ2n) is 4.07. The van der Waals surface area contributed by atoms with Gasteiger partial charge in [0.25, 0.3) is 0 Å². The lowest BCUT2D eigenvalue weighted by molar-refractivity contribution is 0.0697. The molecule has 0 amide bonds. The van der Waals surface area contributed by atoms with E-state index in [0.29, 0.717) is 23.8 Å². The first-order valence-corrected chi connectivity index (χ1v) is 6.07. The van der Waals surface area contributed by atoms with Crippen LogP contribution >= 0.6 is 11.6 Å². The SMILES string of the molecule is Cn1cc(CCOc2ccc(C(=O)O)cc2Cl)cn1. The van der Waals surface area contributed by atoms with Crippen LogP contribution in [0, 0.1) is 0 Å². The number of hydrogen-bond acceptors (Lipinski definition) is 3. The van der Waals surface area contributed by atoms with Crippen molar-refractivity contribution in [3.05, 3.63) is 46.7 Å². The molecular weight excluding hydrogens is 268 g/mol. The molecular formula is C13H13ClN2O3. The summed E-state index contributed by atoms with van der Waals surface area (Å²) < 4.78 is 7.25. The molecule has 1 aromatic heterocycles. The third-order valence-electron chi connectivity index (χ3n) is 2.59. The quantitative estimate of drug-likeness (QED) is 0.913. The van der Waals surface area contributed by atoms with Crippen molar-refractivity contribution in [1.29, 1.82) is 0 Å². The standard InChI is InChI=1S/C13H13ClN2O3/c1-16-8-9(7-15-16)4-5-19-12-3-2-10(13(17)18)6-11(12)14/h2-3,6-8H,4-5H2,1H3,(H,17,18). The second kappa shape index (κ2) is 5.75. The van der Waals surface area contributed by atoms with Gasteiger partial charge in [-0.1, -0.05) is 11.6 Å². The number of carboxylic acids is 1. The van der Waals surface area contributed by atoms with Crippen LogP contribution in [0.3, 0.4) is 0 Å². The maximum absolute atomic E-state index is 10.8. The molecule has 0 unspecified atom stereocenters. The third kappa shape index (κ3) is 3.48. The summed E-state index contributed by atoms with van der Waals surface area (Å²) in [5, 5.41) is 13.2. The maximum Gasteiger partial charge on any atom is 0.335 e. The van der Waals surface area contributed by atoms with Crippen LogP contribution < -0.4 is 4.74 Å². The number of halogens is 1. The zero-order valence-electron chi connectivity index (χ0n) is 10.3. The van der Waals surface area contributed by atoms with Crippen molar-refractivity contribution in [1.82, 2.24) is 9.78 Å². The number of benzene rings is 1. The van der Waals surface area contributed by atoms with Crippen LogP contribution in [-0.4, -0.2) is 27.5 Å². The van der Waals surface area contributed by atoms with Gasteiger partial charge in [-0.25, -0.2) is 4.79 Å². The van der Waals surface area contributed by atoms with Crippen molar-refractivity contribution >= 4 is 17.6 Å². The Kier molecular flexibility index (Phi) is 4.06. The summed E-state index contributed by atoms with van der Waals surface area (Å²) in [6.07, 6.45) is 4.40. The highest BCUT2D eigenvalue weighted by Gasteiger charge is 2.08. The number of nitrogens with zero attached hydrogens (tertiary/aromatic N) is 2. The molecule has 19 heavy (non-hydrogen) atoms. The molecule has 0 radical (unpaired) electrons. The van der Waals surface area contributed by atoms with E-state index in [4.69, 9.17) is 21.4 Å². The number of aromatic carboxylic acids is 1. The highest BCUT2D eigenvalue weighted by Crippen LogP contribution is 2.25. The average Bonchev–Trinajstić information content (AvgIpc) is 2.77. The molecule has 5 nitrogen and oxygen atoms in total. The zero-order valence-corrected chi connectivity index (χ0v) is 11.1. The number of carboxylic acid groups (broad SMARTS) is 1. The smallest absolute Gasteiger partial charge is 0.335 e. The second-order valence-corrected chi connectivity index (χ2v) is 4.48. The Morgan fingerprint density at radius 3 is 2.89 bits per heavy atom. The van der Waals surface area contributed by atoms with Crippen LogP contribution in [0.1, 0.15) is 15.9 Å². The van der Waals surface area contributed by atoms with Crippen molar-refractivity contribution in [2.45, 2.75) is 6.42 Å². The van der Waals surface area contributed by atoms with Crippen LogP contribution in [-0.2, 0) is 13.5 Å². The molecule has 0 aliphatic carbocycles. The van der Waals surface area contributed by atoms with Gasteiger partial charge in [-0.3, -0.25) is 4.68 Å². The molecule has 0 fully saturated rings. The normalized spacial score (nSPS) is 10.4. The lowest BCUT2D eigenvalue weighted by Gasteiger charge is -2.07. The number of aromatic nitrogens is 2. The van der Waals surface area contributed by atoms with E-state index in [-0.39, 0.29) is 5.56 Å². The Morgan fingerprint density at radius 2 is 2.32 bits per heavy atom. The first-order chi connectivity index (χ1) is 9.06. The lowest BCUT2D eigenvalue weighted by Crippen LogP contribution is -2.02. The minimum atomic E-state index is -1.01. The van der Waals surface area contributed by atoms with E-state index in [1.54, 1.807) is 16.9 Å². The minimum absolute atomic E-state index is 0.143. The fourth-order valence-electron chi connectivity index (χ4n) is 1.63. The molecule has 0 bridgehead atoms. The molecule has 0 saturated carbocycles. The van der Waals surface area contributed by atoms with Crippen LogP contribution in [0.15, 0.2) is 30.6 Å². The number of ether oxygens (including phenoxy) is 1. The van der Waals surface area contributed by atoms with E-state index in [9.17, 15) is 4.79 Å². The number of rotatable bonds is 5. The van der Waals surface area contributed by atoms with Gasteiger partial charge < -0.3 is 9.84 Å². The van der Waals surface area contributed by atoms with Gasteiger partial charge >= 0.3 is 5.97 Å². The van der Waals surface area contributed by atoms with Gasteiger partial charge in [-0.05, 0) is 23.8 Å².